The van der Waals surface area contributed by atoms with Crippen LogP contribution in [0.25, 0.3) is 10.7 Å². The normalized spacial score (nSPS) is 10.5. The molecular weight excluding hydrogens is 314 g/mol. The van der Waals surface area contributed by atoms with Crippen LogP contribution in [0.3, 0.4) is 0 Å². The maximum absolute atomic E-state index is 12.1. The van der Waals surface area contributed by atoms with Crippen molar-refractivity contribution in [3.63, 3.8) is 0 Å². The van der Waals surface area contributed by atoms with Crippen molar-refractivity contribution in [2.75, 3.05) is 11.9 Å². The van der Waals surface area contributed by atoms with Crippen molar-refractivity contribution in [2.24, 2.45) is 0 Å². The van der Waals surface area contributed by atoms with E-state index in [1.165, 1.54) is 16.1 Å². The van der Waals surface area contributed by atoms with Crippen molar-refractivity contribution in [1.29, 1.82) is 0 Å². The molecule has 3 rings (SSSR count). The smallest absolute Gasteiger partial charge is 0.248 e. The molecule has 2 heterocycles. The summed E-state index contributed by atoms with van der Waals surface area (Å²) < 4.78 is 5.48. The predicted molar refractivity (Wildman–Crippen MR) is 87.4 cm³/mol. The number of nitrogens with zero attached hydrogens (tertiary/aromatic N) is 4. The zero-order chi connectivity index (χ0) is 16.1. The third-order valence-electron chi connectivity index (χ3n) is 2.94. The lowest BCUT2D eigenvalue weighted by Crippen LogP contribution is -2.20. The van der Waals surface area contributed by atoms with Gasteiger partial charge in [0.25, 0.3) is 0 Å². The summed E-state index contributed by atoms with van der Waals surface area (Å²) >= 11 is 1.52. The van der Waals surface area contributed by atoms with Crippen LogP contribution in [0.4, 0.5) is 5.69 Å². The Hall–Kier alpha value is -2.74. The highest BCUT2D eigenvalue weighted by Gasteiger charge is 2.11. The van der Waals surface area contributed by atoms with Gasteiger partial charge in [-0.1, -0.05) is 18.2 Å². The number of hydrogen-bond donors (Lipinski definition) is 1. The van der Waals surface area contributed by atoms with Crippen LogP contribution in [0.15, 0.2) is 41.8 Å². The second-order valence-corrected chi connectivity index (χ2v) is 5.55. The van der Waals surface area contributed by atoms with Crippen molar-refractivity contribution in [1.82, 2.24) is 20.2 Å². The summed E-state index contributed by atoms with van der Waals surface area (Å²) in [5, 5.41) is 16.8. The molecule has 0 bridgehead atoms. The Morgan fingerprint density at radius 3 is 2.96 bits per heavy atom. The second kappa shape index (κ2) is 7.01. The molecule has 1 amide bonds. The van der Waals surface area contributed by atoms with Crippen molar-refractivity contribution in [3.05, 3.63) is 41.8 Å². The molecule has 0 saturated heterocycles. The van der Waals surface area contributed by atoms with Crippen LogP contribution in [0.5, 0.6) is 5.75 Å². The van der Waals surface area contributed by atoms with Crippen LogP contribution < -0.4 is 10.1 Å². The minimum Gasteiger partial charge on any atom is -0.492 e. The standard InChI is InChI=1S/C15H15N5O2S/c1-2-22-12-7-4-3-6-11(12)16-14(21)10-20-18-15(17-19-20)13-8-5-9-23-13/h3-9H,2,10H2,1H3,(H,16,21). The highest BCUT2D eigenvalue weighted by atomic mass is 32.1. The first-order valence-electron chi connectivity index (χ1n) is 7.09. The average Bonchev–Trinajstić information content (AvgIpc) is 3.20. The molecule has 0 fully saturated rings. The van der Waals surface area contributed by atoms with Crippen molar-refractivity contribution in [2.45, 2.75) is 13.5 Å². The summed E-state index contributed by atoms with van der Waals surface area (Å²) in [7, 11) is 0. The zero-order valence-electron chi connectivity index (χ0n) is 12.5. The number of rotatable bonds is 6. The molecule has 0 atom stereocenters. The van der Waals surface area contributed by atoms with Gasteiger partial charge in [0.05, 0.1) is 17.2 Å². The molecule has 2 aromatic heterocycles. The first kappa shape index (κ1) is 15.2. The number of aromatic nitrogens is 4. The van der Waals surface area contributed by atoms with E-state index in [4.69, 9.17) is 4.74 Å². The molecular formula is C15H15N5O2S. The molecule has 0 aliphatic rings. The number of para-hydroxylation sites is 2. The van der Waals surface area contributed by atoms with E-state index in [-0.39, 0.29) is 12.5 Å². The highest BCUT2D eigenvalue weighted by Crippen LogP contribution is 2.23. The third-order valence-corrected chi connectivity index (χ3v) is 3.81. The molecule has 118 valence electrons. The first-order valence-corrected chi connectivity index (χ1v) is 7.97. The quantitative estimate of drug-likeness (QED) is 0.751. The fourth-order valence-corrected chi connectivity index (χ4v) is 2.63. The van der Waals surface area contributed by atoms with E-state index in [2.05, 4.69) is 20.7 Å². The number of carbonyl (C=O) groups is 1. The number of ether oxygens (including phenoxy) is 1. The molecule has 0 aliphatic heterocycles. The van der Waals surface area contributed by atoms with Gasteiger partial charge in [-0.05, 0) is 35.7 Å². The molecule has 23 heavy (non-hydrogen) atoms. The Bertz CT molecular complexity index is 785. The van der Waals surface area contributed by atoms with E-state index in [1.54, 1.807) is 6.07 Å². The lowest BCUT2D eigenvalue weighted by atomic mass is 10.3. The minimum atomic E-state index is -0.243. The van der Waals surface area contributed by atoms with Crippen molar-refractivity contribution in [3.8, 4) is 16.5 Å². The molecule has 8 heteroatoms. The van der Waals surface area contributed by atoms with E-state index in [9.17, 15) is 4.79 Å². The van der Waals surface area contributed by atoms with Crippen LogP contribution in [0.2, 0.25) is 0 Å². The maximum Gasteiger partial charge on any atom is 0.248 e. The number of hydrogen-bond acceptors (Lipinski definition) is 6. The van der Waals surface area contributed by atoms with Gasteiger partial charge in [-0.25, -0.2) is 0 Å². The van der Waals surface area contributed by atoms with E-state index < -0.39 is 0 Å². The monoisotopic (exact) mass is 329 g/mol. The Morgan fingerprint density at radius 2 is 2.17 bits per heavy atom. The van der Waals surface area contributed by atoms with Gasteiger partial charge in [0.2, 0.25) is 11.7 Å². The van der Waals surface area contributed by atoms with Gasteiger partial charge in [-0.2, -0.15) is 4.80 Å². The van der Waals surface area contributed by atoms with Gasteiger partial charge in [0, 0.05) is 0 Å². The Balaban J connectivity index is 1.66. The van der Waals surface area contributed by atoms with Gasteiger partial charge >= 0.3 is 0 Å². The van der Waals surface area contributed by atoms with Gasteiger partial charge in [0.1, 0.15) is 12.3 Å². The van der Waals surface area contributed by atoms with E-state index in [1.807, 2.05) is 42.6 Å². The molecule has 0 unspecified atom stereocenters. The fourth-order valence-electron chi connectivity index (χ4n) is 1.98. The van der Waals surface area contributed by atoms with Crippen LogP contribution in [0, 0.1) is 0 Å². The summed E-state index contributed by atoms with van der Waals surface area (Å²) in [6.45, 7) is 2.41. The average molecular weight is 329 g/mol. The first-order chi connectivity index (χ1) is 11.3. The lowest BCUT2D eigenvalue weighted by molar-refractivity contribution is -0.117. The summed E-state index contributed by atoms with van der Waals surface area (Å²) in [4.78, 5) is 14.3. The van der Waals surface area contributed by atoms with E-state index in [0.717, 1.165) is 4.88 Å². The molecule has 0 saturated carbocycles. The topological polar surface area (TPSA) is 81.9 Å². The number of nitrogens with one attached hydrogen (secondary N) is 1. The highest BCUT2D eigenvalue weighted by molar-refractivity contribution is 7.13. The van der Waals surface area contributed by atoms with Crippen LogP contribution in [-0.4, -0.2) is 32.7 Å². The Kier molecular flexibility index (Phi) is 4.62. The zero-order valence-corrected chi connectivity index (χ0v) is 13.3. The fraction of sp³-hybridized carbons (Fsp3) is 0.200. The molecule has 0 spiro atoms. The van der Waals surface area contributed by atoms with Crippen LogP contribution in [-0.2, 0) is 11.3 Å². The van der Waals surface area contributed by atoms with Gasteiger partial charge in [-0.3, -0.25) is 4.79 Å². The minimum absolute atomic E-state index is 0.0150. The van der Waals surface area contributed by atoms with Crippen molar-refractivity contribution >= 4 is 22.9 Å². The summed E-state index contributed by atoms with van der Waals surface area (Å²) in [5.74, 6) is 0.906. The van der Waals surface area contributed by atoms with Gasteiger partial charge < -0.3 is 10.1 Å². The van der Waals surface area contributed by atoms with E-state index in [0.29, 0.717) is 23.9 Å². The number of tetrazole rings is 1. The number of carbonyl (C=O) groups excluding carboxylic acids is 1. The Morgan fingerprint density at radius 1 is 1.30 bits per heavy atom. The van der Waals surface area contributed by atoms with Crippen LogP contribution >= 0.6 is 11.3 Å². The molecule has 3 aromatic rings. The second-order valence-electron chi connectivity index (χ2n) is 4.60. The predicted octanol–water partition coefficient (Wildman–Crippen LogP) is 2.44. The molecule has 1 N–H and O–H groups in total. The number of thiophene rings is 1. The van der Waals surface area contributed by atoms with Gasteiger partial charge in [-0.15, -0.1) is 21.5 Å². The SMILES string of the molecule is CCOc1ccccc1NC(=O)Cn1nnc(-c2cccs2)n1. The summed E-state index contributed by atoms with van der Waals surface area (Å²) in [6.07, 6.45) is 0. The number of anilines is 1. The number of amides is 1. The van der Waals surface area contributed by atoms with E-state index >= 15 is 0 Å². The molecule has 1 aromatic carbocycles. The molecule has 0 radical (unpaired) electrons. The summed E-state index contributed by atoms with van der Waals surface area (Å²) in [6, 6.07) is 11.1. The molecule has 7 nitrogen and oxygen atoms in total. The summed E-state index contributed by atoms with van der Waals surface area (Å²) in [5.41, 5.74) is 0.623. The van der Waals surface area contributed by atoms with Crippen LogP contribution in [0.1, 0.15) is 6.92 Å². The largest absolute Gasteiger partial charge is 0.492 e. The number of benzene rings is 1. The molecule has 0 aliphatic carbocycles. The maximum atomic E-state index is 12.1. The lowest BCUT2D eigenvalue weighted by Gasteiger charge is -2.10. The third kappa shape index (κ3) is 3.72. The Labute approximate surface area is 136 Å². The van der Waals surface area contributed by atoms with Gasteiger partial charge in [0.15, 0.2) is 0 Å². The van der Waals surface area contributed by atoms with Crippen molar-refractivity contribution < 1.29 is 9.53 Å².